The van der Waals surface area contributed by atoms with Crippen molar-refractivity contribution in [3.63, 3.8) is 0 Å². The summed E-state index contributed by atoms with van der Waals surface area (Å²) in [6.07, 6.45) is 9.11. The third-order valence-electron chi connectivity index (χ3n) is 4.69. The standard InChI is InChI=1S/C14H22N2OS/c1-2-17-13-7-12(14(13)5-3-4-6-14)16-9-11-8-15-10-18-11/h8,10,12-13,16H,2-7,9H2,1H3. The lowest BCUT2D eigenvalue weighted by Gasteiger charge is -2.54. The zero-order valence-electron chi connectivity index (χ0n) is 11.0. The summed E-state index contributed by atoms with van der Waals surface area (Å²) < 4.78 is 5.93. The molecule has 1 aromatic heterocycles. The third-order valence-corrected chi connectivity index (χ3v) is 5.47. The lowest BCUT2D eigenvalue weighted by atomic mass is 9.60. The van der Waals surface area contributed by atoms with Gasteiger partial charge in [0.1, 0.15) is 0 Å². The second-order valence-electron chi connectivity index (χ2n) is 5.52. The summed E-state index contributed by atoms with van der Waals surface area (Å²) in [5, 5.41) is 3.73. The first-order chi connectivity index (χ1) is 8.85. The largest absolute Gasteiger partial charge is 0.378 e. The monoisotopic (exact) mass is 266 g/mol. The van der Waals surface area contributed by atoms with E-state index in [1.807, 2.05) is 11.7 Å². The van der Waals surface area contributed by atoms with Crippen LogP contribution in [0.5, 0.6) is 0 Å². The number of rotatable bonds is 5. The van der Waals surface area contributed by atoms with E-state index in [9.17, 15) is 0 Å². The van der Waals surface area contributed by atoms with E-state index in [-0.39, 0.29) is 0 Å². The average molecular weight is 266 g/mol. The van der Waals surface area contributed by atoms with Gasteiger partial charge in [0.25, 0.3) is 0 Å². The fraction of sp³-hybridized carbons (Fsp3) is 0.786. The minimum atomic E-state index is 0.445. The number of aromatic nitrogens is 1. The zero-order chi connectivity index (χ0) is 12.4. The Morgan fingerprint density at radius 3 is 3.00 bits per heavy atom. The molecule has 0 aliphatic heterocycles. The lowest BCUT2D eigenvalue weighted by molar-refractivity contribution is -0.130. The van der Waals surface area contributed by atoms with Crippen LogP contribution in [-0.4, -0.2) is 23.7 Å². The van der Waals surface area contributed by atoms with E-state index < -0.39 is 0 Å². The molecule has 2 atom stereocenters. The van der Waals surface area contributed by atoms with Crippen LogP contribution in [0, 0.1) is 5.41 Å². The highest BCUT2D eigenvalue weighted by atomic mass is 32.1. The van der Waals surface area contributed by atoms with Crippen molar-refractivity contribution in [2.75, 3.05) is 6.61 Å². The summed E-state index contributed by atoms with van der Waals surface area (Å²) in [7, 11) is 0. The maximum absolute atomic E-state index is 5.93. The molecule has 1 aromatic rings. The third kappa shape index (κ3) is 2.10. The minimum Gasteiger partial charge on any atom is -0.378 e. The molecule has 0 amide bonds. The fourth-order valence-electron chi connectivity index (χ4n) is 3.73. The van der Waals surface area contributed by atoms with Crippen LogP contribution in [0.4, 0.5) is 0 Å². The molecule has 18 heavy (non-hydrogen) atoms. The molecule has 0 aromatic carbocycles. The normalized spacial score (nSPS) is 29.6. The Balaban J connectivity index is 1.59. The highest BCUT2D eigenvalue weighted by Gasteiger charge is 2.56. The highest BCUT2D eigenvalue weighted by Crippen LogP contribution is 2.54. The summed E-state index contributed by atoms with van der Waals surface area (Å²) in [5.74, 6) is 0. The van der Waals surface area contributed by atoms with Gasteiger partial charge in [-0.25, -0.2) is 0 Å². The molecule has 2 unspecified atom stereocenters. The molecular weight excluding hydrogens is 244 g/mol. The van der Waals surface area contributed by atoms with Crippen molar-refractivity contribution in [2.45, 2.75) is 57.7 Å². The lowest BCUT2D eigenvalue weighted by Crippen LogP contribution is -2.62. The van der Waals surface area contributed by atoms with Gasteiger partial charge in [0.05, 0.1) is 11.6 Å². The molecule has 3 nitrogen and oxygen atoms in total. The zero-order valence-corrected chi connectivity index (χ0v) is 11.8. The van der Waals surface area contributed by atoms with Crippen LogP contribution in [0.25, 0.3) is 0 Å². The Bertz CT molecular complexity index is 373. The molecule has 2 aliphatic carbocycles. The number of thiazole rings is 1. The fourth-order valence-corrected chi connectivity index (χ4v) is 4.27. The van der Waals surface area contributed by atoms with Gasteiger partial charge in [0.15, 0.2) is 0 Å². The van der Waals surface area contributed by atoms with Gasteiger partial charge in [-0.3, -0.25) is 4.98 Å². The van der Waals surface area contributed by atoms with E-state index in [1.165, 1.54) is 37.0 Å². The predicted molar refractivity (Wildman–Crippen MR) is 73.7 cm³/mol. The number of nitrogens with one attached hydrogen (secondary N) is 1. The van der Waals surface area contributed by atoms with Crippen LogP contribution in [0.3, 0.4) is 0 Å². The second-order valence-corrected chi connectivity index (χ2v) is 6.49. The maximum Gasteiger partial charge on any atom is 0.0794 e. The van der Waals surface area contributed by atoms with Crippen molar-refractivity contribution in [1.82, 2.24) is 10.3 Å². The van der Waals surface area contributed by atoms with E-state index in [1.54, 1.807) is 11.3 Å². The van der Waals surface area contributed by atoms with Crippen LogP contribution in [-0.2, 0) is 11.3 Å². The van der Waals surface area contributed by atoms with Crippen molar-refractivity contribution in [2.24, 2.45) is 5.41 Å². The van der Waals surface area contributed by atoms with Gasteiger partial charge in [-0.15, -0.1) is 11.3 Å². The number of hydrogen-bond donors (Lipinski definition) is 1. The van der Waals surface area contributed by atoms with Gasteiger partial charge < -0.3 is 10.1 Å². The van der Waals surface area contributed by atoms with Crippen LogP contribution in [0.15, 0.2) is 11.7 Å². The first-order valence-corrected chi connectivity index (χ1v) is 7.95. The Morgan fingerprint density at radius 1 is 1.50 bits per heavy atom. The molecule has 1 N–H and O–H groups in total. The molecule has 4 heteroatoms. The van der Waals surface area contributed by atoms with Crippen LogP contribution >= 0.6 is 11.3 Å². The summed E-state index contributed by atoms with van der Waals surface area (Å²) >= 11 is 1.74. The molecule has 100 valence electrons. The quantitative estimate of drug-likeness (QED) is 0.889. The average Bonchev–Trinajstić information content (AvgIpc) is 3.03. The molecule has 0 bridgehead atoms. The molecule has 1 heterocycles. The van der Waals surface area contributed by atoms with Crippen LogP contribution in [0.1, 0.15) is 43.9 Å². The molecule has 1 spiro atoms. The smallest absolute Gasteiger partial charge is 0.0794 e. The van der Waals surface area contributed by atoms with E-state index in [0.717, 1.165) is 13.2 Å². The molecule has 2 aliphatic rings. The Kier molecular flexibility index (Phi) is 3.68. The molecular formula is C14H22N2OS. The maximum atomic E-state index is 5.93. The first-order valence-electron chi connectivity index (χ1n) is 7.07. The van der Waals surface area contributed by atoms with Crippen molar-refractivity contribution < 1.29 is 4.74 Å². The van der Waals surface area contributed by atoms with E-state index in [0.29, 0.717) is 17.6 Å². The molecule has 3 rings (SSSR count). The van der Waals surface area contributed by atoms with Crippen molar-refractivity contribution in [1.29, 1.82) is 0 Å². The Morgan fingerprint density at radius 2 is 2.33 bits per heavy atom. The van der Waals surface area contributed by atoms with E-state index in [2.05, 4.69) is 17.2 Å². The Hall–Kier alpha value is -0.450. The van der Waals surface area contributed by atoms with Gasteiger partial charge in [-0.05, 0) is 26.2 Å². The van der Waals surface area contributed by atoms with Crippen LogP contribution in [0.2, 0.25) is 0 Å². The molecule has 2 saturated carbocycles. The summed E-state index contributed by atoms with van der Waals surface area (Å²) in [5.41, 5.74) is 2.35. The van der Waals surface area contributed by atoms with Crippen LogP contribution < -0.4 is 5.32 Å². The van der Waals surface area contributed by atoms with Crippen molar-refractivity contribution in [3.05, 3.63) is 16.6 Å². The summed E-state index contributed by atoms with van der Waals surface area (Å²) in [4.78, 5) is 5.47. The van der Waals surface area contributed by atoms with Crippen molar-refractivity contribution in [3.8, 4) is 0 Å². The number of nitrogens with zero attached hydrogens (tertiary/aromatic N) is 1. The van der Waals surface area contributed by atoms with Gasteiger partial charge in [0.2, 0.25) is 0 Å². The minimum absolute atomic E-state index is 0.445. The molecule has 0 saturated heterocycles. The topological polar surface area (TPSA) is 34.1 Å². The number of hydrogen-bond acceptors (Lipinski definition) is 4. The Labute approximate surface area is 113 Å². The highest BCUT2D eigenvalue weighted by molar-refractivity contribution is 7.09. The number of ether oxygens (including phenoxy) is 1. The van der Waals surface area contributed by atoms with E-state index in [4.69, 9.17) is 4.74 Å². The summed E-state index contributed by atoms with van der Waals surface area (Å²) in [6, 6.07) is 0.652. The first kappa shape index (κ1) is 12.6. The van der Waals surface area contributed by atoms with Crippen molar-refractivity contribution >= 4 is 11.3 Å². The van der Waals surface area contributed by atoms with Gasteiger partial charge in [-0.1, -0.05) is 12.8 Å². The van der Waals surface area contributed by atoms with Gasteiger partial charge in [0, 0.05) is 35.7 Å². The summed E-state index contributed by atoms with van der Waals surface area (Å²) in [6.45, 7) is 3.94. The SMILES string of the molecule is CCOC1CC(NCc2cncs2)C12CCCC2. The second kappa shape index (κ2) is 5.27. The van der Waals surface area contributed by atoms with Gasteiger partial charge >= 0.3 is 0 Å². The van der Waals surface area contributed by atoms with Gasteiger partial charge in [-0.2, -0.15) is 0 Å². The molecule has 0 radical (unpaired) electrons. The molecule has 2 fully saturated rings. The predicted octanol–water partition coefficient (Wildman–Crippen LogP) is 2.97. The van der Waals surface area contributed by atoms with E-state index >= 15 is 0 Å².